The van der Waals surface area contributed by atoms with Crippen molar-refractivity contribution in [3.8, 4) is 0 Å². The van der Waals surface area contributed by atoms with Crippen molar-refractivity contribution in [2.24, 2.45) is 5.10 Å². The molecule has 1 unspecified atom stereocenters. The lowest BCUT2D eigenvalue weighted by atomic mass is 10.1. The molecule has 0 spiro atoms. The van der Waals surface area contributed by atoms with Gasteiger partial charge in [-0.1, -0.05) is 29.8 Å². The Bertz CT molecular complexity index is 999. The van der Waals surface area contributed by atoms with Crippen molar-refractivity contribution >= 4 is 27.3 Å². The molecule has 148 valence electrons. The molecule has 9 nitrogen and oxygen atoms in total. The van der Waals surface area contributed by atoms with Crippen LogP contribution in [0.2, 0.25) is 0 Å². The van der Waals surface area contributed by atoms with Crippen molar-refractivity contribution in [3.05, 3.63) is 69.8 Å². The normalized spacial score (nSPS) is 13.0. The first-order valence-electron chi connectivity index (χ1n) is 8.28. The summed E-state index contributed by atoms with van der Waals surface area (Å²) >= 11 is 0. The number of hydrogen-bond donors (Lipinski definition) is 2. The highest BCUT2D eigenvalue weighted by Crippen LogP contribution is 2.16. The van der Waals surface area contributed by atoms with Crippen LogP contribution in [0, 0.1) is 17.0 Å². The number of hydrogen-bond acceptors (Lipinski definition) is 6. The molecule has 0 radical (unpaired) electrons. The highest BCUT2D eigenvalue weighted by atomic mass is 32.2. The fraction of sp³-hybridized carbons (Fsp3) is 0.222. The van der Waals surface area contributed by atoms with Crippen LogP contribution in [0.3, 0.4) is 0 Å². The summed E-state index contributed by atoms with van der Waals surface area (Å²) < 4.78 is 26.9. The predicted molar refractivity (Wildman–Crippen MR) is 104 cm³/mol. The zero-order chi connectivity index (χ0) is 20.9. The minimum absolute atomic E-state index is 0.183. The largest absolute Gasteiger partial charge is 0.271 e. The maximum atomic E-state index is 12.3. The van der Waals surface area contributed by atoms with Gasteiger partial charge in [-0.2, -0.15) is 9.82 Å². The number of nitrogens with zero attached hydrogens (tertiary/aromatic N) is 2. The van der Waals surface area contributed by atoms with E-state index in [1.54, 1.807) is 6.92 Å². The Morgan fingerprint density at radius 1 is 1.11 bits per heavy atom. The lowest BCUT2D eigenvalue weighted by Crippen LogP contribution is -2.43. The first kappa shape index (κ1) is 21.2. The van der Waals surface area contributed by atoms with E-state index in [1.807, 2.05) is 31.2 Å². The molecule has 0 fully saturated rings. The second-order valence-corrected chi connectivity index (χ2v) is 7.85. The zero-order valence-electron chi connectivity index (χ0n) is 15.5. The minimum Gasteiger partial charge on any atom is -0.271 e. The fourth-order valence-corrected chi connectivity index (χ4v) is 3.40. The summed E-state index contributed by atoms with van der Waals surface area (Å²) in [5, 5.41) is 14.6. The van der Waals surface area contributed by atoms with Gasteiger partial charge in [0.1, 0.15) is 0 Å². The van der Waals surface area contributed by atoms with Crippen LogP contribution in [0.15, 0.2) is 58.5 Å². The van der Waals surface area contributed by atoms with E-state index in [4.69, 9.17) is 0 Å². The van der Waals surface area contributed by atoms with Gasteiger partial charge < -0.3 is 0 Å². The van der Waals surface area contributed by atoms with Crippen molar-refractivity contribution in [3.63, 3.8) is 0 Å². The van der Waals surface area contributed by atoms with E-state index in [9.17, 15) is 23.3 Å². The topological polar surface area (TPSA) is 131 Å². The van der Waals surface area contributed by atoms with Crippen molar-refractivity contribution in [1.29, 1.82) is 0 Å². The van der Waals surface area contributed by atoms with Gasteiger partial charge >= 0.3 is 0 Å². The minimum atomic E-state index is -4.02. The van der Waals surface area contributed by atoms with Crippen LogP contribution in [0.4, 0.5) is 5.69 Å². The van der Waals surface area contributed by atoms with Crippen LogP contribution >= 0.6 is 0 Å². The first-order chi connectivity index (χ1) is 13.1. The Hall–Kier alpha value is -3.11. The van der Waals surface area contributed by atoms with E-state index in [0.29, 0.717) is 5.71 Å². The van der Waals surface area contributed by atoms with Crippen molar-refractivity contribution in [2.75, 3.05) is 0 Å². The third-order valence-electron chi connectivity index (χ3n) is 3.89. The molecule has 0 bridgehead atoms. The smallest absolute Gasteiger partial charge is 0.269 e. The van der Waals surface area contributed by atoms with E-state index in [-0.39, 0.29) is 10.6 Å². The van der Waals surface area contributed by atoms with Gasteiger partial charge in [0, 0.05) is 12.1 Å². The molecule has 0 aliphatic rings. The van der Waals surface area contributed by atoms with Gasteiger partial charge in [0.05, 0.1) is 21.6 Å². The number of amides is 1. The Kier molecular flexibility index (Phi) is 6.60. The summed E-state index contributed by atoms with van der Waals surface area (Å²) in [6, 6.07) is 10.8. The van der Waals surface area contributed by atoms with Crippen molar-refractivity contribution in [2.45, 2.75) is 31.7 Å². The summed E-state index contributed by atoms with van der Waals surface area (Å²) in [4.78, 5) is 22.0. The number of nitro benzene ring substituents is 1. The second-order valence-electron chi connectivity index (χ2n) is 6.13. The van der Waals surface area contributed by atoms with Gasteiger partial charge in [-0.3, -0.25) is 14.9 Å². The van der Waals surface area contributed by atoms with Gasteiger partial charge in [0.15, 0.2) is 0 Å². The van der Waals surface area contributed by atoms with E-state index in [2.05, 4.69) is 15.2 Å². The molecule has 10 heteroatoms. The van der Waals surface area contributed by atoms with Gasteiger partial charge in [-0.25, -0.2) is 13.8 Å². The van der Waals surface area contributed by atoms with E-state index >= 15 is 0 Å². The first-order valence-corrected chi connectivity index (χ1v) is 9.76. The summed E-state index contributed by atoms with van der Waals surface area (Å²) in [6.07, 6.45) is 0. The number of rotatable bonds is 7. The van der Waals surface area contributed by atoms with Crippen LogP contribution in [0.1, 0.15) is 25.0 Å². The molecule has 2 aromatic carbocycles. The summed E-state index contributed by atoms with van der Waals surface area (Å²) in [6.45, 7) is 5.04. The Labute approximate surface area is 162 Å². The lowest BCUT2D eigenvalue weighted by Gasteiger charge is -2.13. The molecule has 2 N–H and O–H groups in total. The molecule has 0 saturated heterocycles. The molecule has 0 aliphatic carbocycles. The van der Waals surface area contributed by atoms with Crippen LogP contribution in [-0.2, 0) is 14.8 Å². The number of benzene rings is 2. The monoisotopic (exact) mass is 404 g/mol. The van der Waals surface area contributed by atoms with Gasteiger partial charge in [-0.15, -0.1) is 0 Å². The molecule has 2 rings (SSSR count). The average molecular weight is 404 g/mol. The van der Waals surface area contributed by atoms with Crippen LogP contribution in [-0.4, -0.2) is 31.0 Å². The quantitative estimate of drug-likeness (QED) is 0.414. The number of aryl methyl sites for hydroxylation is 1. The maximum Gasteiger partial charge on any atom is 0.269 e. The molecule has 0 saturated carbocycles. The molecule has 1 amide bonds. The van der Waals surface area contributed by atoms with Crippen LogP contribution < -0.4 is 10.1 Å². The highest BCUT2D eigenvalue weighted by Gasteiger charge is 2.22. The SMILES string of the molecule is CC(=NNC(=O)C(C)NS(=O)(=O)c1ccc([N+](=O)[O-])cc1)c1ccc(C)cc1. The third kappa shape index (κ3) is 5.44. The van der Waals surface area contributed by atoms with Crippen molar-refractivity contribution in [1.82, 2.24) is 10.1 Å². The number of hydrazone groups is 1. The number of carbonyl (C=O) groups is 1. The van der Waals surface area contributed by atoms with E-state index < -0.39 is 26.9 Å². The maximum absolute atomic E-state index is 12.3. The van der Waals surface area contributed by atoms with E-state index in [1.165, 1.54) is 6.92 Å². The summed E-state index contributed by atoms with van der Waals surface area (Å²) in [5.41, 5.74) is 4.58. The molecule has 0 aliphatic heterocycles. The number of sulfonamides is 1. The number of nitrogens with one attached hydrogen (secondary N) is 2. The third-order valence-corrected chi connectivity index (χ3v) is 5.44. The lowest BCUT2D eigenvalue weighted by molar-refractivity contribution is -0.384. The van der Waals surface area contributed by atoms with Crippen molar-refractivity contribution < 1.29 is 18.1 Å². The summed E-state index contributed by atoms with van der Waals surface area (Å²) in [5.74, 6) is -0.642. The highest BCUT2D eigenvalue weighted by molar-refractivity contribution is 7.89. The van der Waals surface area contributed by atoms with Crippen LogP contribution in [0.25, 0.3) is 0 Å². The Morgan fingerprint density at radius 3 is 2.21 bits per heavy atom. The number of carbonyl (C=O) groups excluding carboxylic acids is 1. The van der Waals surface area contributed by atoms with Crippen LogP contribution in [0.5, 0.6) is 0 Å². The number of nitro groups is 1. The fourth-order valence-electron chi connectivity index (χ4n) is 2.20. The van der Waals surface area contributed by atoms with Gasteiger partial charge in [0.2, 0.25) is 10.0 Å². The van der Waals surface area contributed by atoms with Gasteiger partial charge in [0.25, 0.3) is 11.6 Å². The van der Waals surface area contributed by atoms with E-state index in [0.717, 1.165) is 35.4 Å². The molecule has 0 aromatic heterocycles. The molecular formula is C18H20N4O5S. The molecule has 28 heavy (non-hydrogen) atoms. The Morgan fingerprint density at radius 2 is 1.68 bits per heavy atom. The second kappa shape index (κ2) is 8.72. The standard InChI is InChI=1S/C18H20N4O5S/c1-12-4-6-15(7-5-12)13(2)19-20-18(23)14(3)21-28(26,27)17-10-8-16(9-11-17)22(24)25/h4-11,14,21H,1-3H3,(H,20,23). The van der Waals surface area contributed by atoms with Gasteiger partial charge in [-0.05, 0) is 38.5 Å². The predicted octanol–water partition coefficient (Wildman–Crippen LogP) is 2.11. The molecule has 0 heterocycles. The Balaban J connectivity index is 2.03. The average Bonchev–Trinajstić information content (AvgIpc) is 2.66. The number of non-ortho nitro benzene ring substituents is 1. The molecule has 1 atom stereocenters. The summed E-state index contributed by atoms with van der Waals surface area (Å²) in [7, 11) is -4.02. The molecular weight excluding hydrogens is 384 g/mol. The molecule has 2 aromatic rings. The zero-order valence-corrected chi connectivity index (χ0v) is 16.4.